The van der Waals surface area contributed by atoms with Gasteiger partial charge in [-0.05, 0) is 41.8 Å². The Labute approximate surface area is 147 Å². The Morgan fingerprint density at radius 1 is 1.12 bits per heavy atom. The Bertz CT molecular complexity index is 828. The monoisotopic (exact) mass is 335 g/mol. The van der Waals surface area contributed by atoms with Crippen molar-refractivity contribution in [2.45, 2.75) is 19.4 Å². The van der Waals surface area contributed by atoms with Gasteiger partial charge in [0.2, 0.25) is 5.91 Å². The Balaban J connectivity index is 1.48. The number of benzene rings is 2. The minimum Gasteiger partial charge on any atom is -0.497 e. The van der Waals surface area contributed by atoms with E-state index >= 15 is 0 Å². The highest BCUT2D eigenvalue weighted by molar-refractivity contribution is 5.76. The molecule has 0 radical (unpaired) electrons. The predicted octanol–water partition coefficient (Wildman–Crippen LogP) is 3.13. The normalized spacial score (nSPS) is 10.4. The molecule has 0 saturated heterocycles. The lowest BCUT2D eigenvalue weighted by Crippen LogP contribution is -2.22. The number of nitrogens with zero attached hydrogens (tertiary/aromatic N) is 2. The lowest BCUT2D eigenvalue weighted by molar-refractivity contribution is -0.121. The maximum absolute atomic E-state index is 12.1. The fourth-order valence-corrected chi connectivity index (χ4v) is 2.54. The zero-order valence-corrected chi connectivity index (χ0v) is 14.2. The molecule has 3 aromatic rings. The van der Waals surface area contributed by atoms with Gasteiger partial charge in [-0.2, -0.15) is 5.10 Å². The summed E-state index contributed by atoms with van der Waals surface area (Å²) in [4.78, 5) is 12.1. The van der Waals surface area contributed by atoms with Crippen LogP contribution in [0.1, 0.15) is 17.5 Å². The number of carbonyl (C=O) groups is 1. The van der Waals surface area contributed by atoms with Crippen molar-refractivity contribution in [3.8, 4) is 11.4 Å². The lowest BCUT2D eigenvalue weighted by atomic mass is 10.2. The van der Waals surface area contributed by atoms with E-state index in [2.05, 4.69) is 10.4 Å². The Morgan fingerprint density at radius 3 is 2.76 bits per heavy atom. The van der Waals surface area contributed by atoms with Gasteiger partial charge in [-0.3, -0.25) is 4.79 Å². The van der Waals surface area contributed by atoms with Crippen LogP contribution in [-0.2, 0) is 17.8 Å². The summed E-state index contributed by atoms with van der Waals surface area (Å²) in [6, 6.07) is 17.6. The number of hydrogen-bond donors (Lipinski definition) is 1. The zero-order valence-electron chi connectivity index (χ0n) is 14.2. The topological polar surface area (TPSA) is 56.1 Å². The van der Waals surface area contributed by atoms with Gasteiger partial charge >= 0.3 is 0 Å². The van der Waals surface area contributed by atoms with Crippen molar-refractivity contribution in [1.82, 2.24) is 15.1 Å². The molecule has 1 aromatic heterocycles. The van der Waals surface area contributed by atoms with Gasteiger partial charge in [-0.1, -0.05) is 30.3 Å². The highest BCUT2D eigenvalue weighted by Crippen LogP contribution is 2.12. The van der Waals surface area contributed by atoms with Crippen LogP contribution in [0.5, 0.6) is 5.75 Å². The third-order valence-corrected chi connectivity index (χ3v) is 3.92. The molecule has 0 aliphatic rings. The molecular weight excluding hydrogens is 314 g/mol. The van der Waals surface area contributed by atoms with Crippen LogP contribution in [0.4, 0.5) is 0 Å². The molecule has 0 saturated carbocycles. The second-order valence-corrected chi connectivity index (χ2v) is 5.76. The first-order chi connectivity index (χ1) is 12.2. The summed E-state index contributed by atoms with van der Waals surface area (Å²) in [5, 5.41) is 7.29. The Hall–Kier alpha value is -3.08. The van der Waals surface area contributed by atoms with Gasteiger partial charge in [0.05, 0.1) is 19.0 Å². The van der Waals surface area contributed by atoms with Crippen molar-refractivity contribution in [2.75, 3.05) is 7.11 Å². The van der Waals surface area contributed by atoms with E-state index < -0.39 is 0 Å². The minimum atomic E-state index is 0.0234. The van der Waals surface area contributed by atoms with Gasteiger partial charge in [0, 0.05) is 19.2 Å². The van der Waals surface area contributed by atoms with Crippen molar-refractivity contribution < 1.29 is 9.53 Å². The van der Waals surface area contributed by atoms with Crippen LogP contribution < -0.4 is 10.1 Å². The van der Waals surface area contributed by atoms with Gasteiger partial charge in [0.15, 0.2) is 0 Å². The van der Waals surface area contributed by atoms with Crippen LogP contribution in [0, 0.1) is 0 Å². The molecule has 1 amide bonds. The molecule has 0 fully saturated rings. The maximum atomic E-state index is 12.1. The minimum absolute atomic E-state index is 0.0234. The molecule has 5 nitrogen and oxygen atoms in total. The number of aromatic nitrogens is 2. The number of carbonyl (C=O) groups excluding carboxylic acids is 1. The predicted molar refractivity (Wildman–Crippen MR) is 96.7 cm³/mol. The fraction of sp³-hybridized carbons (Fsp3) is 0.200. The van der Waals surface area contributed by atoms with E-state index in [1.165, 1.54) is 0 Å². The summed E-state index contributed by atoms with van der Waals surface area (Å²) in [6.07, 6.45) is 4.87. The van der Waals surface area contributed by atoms with Crippen LogP contribution in [0.3, 0.4) is 0 Å². The van der Waals surface area contributed by atoms with Crippen molar-refractivity contribution in [1.29, 1.82) is 0 Å². The molecular formula is C20H21N3O2. The van der Waals surface area contributed by atoms with Crippen molar-refractivity contribution in [3.63, 3.8) is 0 Å². The van der Waals surface area contributed by atoms with Crippen molar-refractivity contribution in [3.05, 3.63) is 78.1 Å². The smallest absolute Gasteiger partial charge is 0.220 e. The summed E-state index contributed by atoms with van der Waals surface area (Å²) >= 11 is 0. The van der Waals surface area contributed by atoms with Gasteiger partial charge in [-0.25, -0.2) is 4.68 Å². The van der Waals surface area contributed by atoms with Crippen molar-refractivity contribution in [2.24, 2.45) is 0 Å². The summed E-state index contributed by atoms with van der Waals surface area (Å²) in [7, 11) is 1.63. The van der Waals surface area contributed by atoms with Crippen LogP contribution in [0.25, 0.3) is 5.69 Å². The molecule has 1 heterocycles. The molecule has 0 bridgehead atoms. The number of ether oxygens (including phenoxy) is 1. The van der Waals surface area contributed by atoms with Gasteiger partial charge in [0.1, 0.15) is 5.75 Å². The quantitative estimate of drug-likeness (QED) is 0.722. The summed E-state index contributed by atoms with van der Waals surface area (Å²) < 4.78 is 7.01. The van der Waals surface area contributed by atoms with E-state index in [4.69, 9.17) is 4.74 Å². The van der Waals surface area contributed by atoms with E-state index in [0.717, 1.165) is 22.6 Å². The van der Waals surface area contributed by atoms with Gasteiger partial charge in [0.25, 0.3) is 0 Å². The average molecular weight is 335 g/mol. The number of hydrogen-bond acceptors (Lipinski definition) is 3. The number of nitrogens with one attached hydrogen (secondary N) is 1. The van der Waals surface area contributed by atoms with Gasteiger partial charge in [-0.15, -0.1) is 0 Å². The lowest BCUT2D eigenvalue weighted by Gasteiger charge is -2.06. The van der Waals surface area contributed by atoms with Crippen LogP contribution in [-0.4, -0.2) is 22.8 Å². The third kappa shape index (κ3) is 4.70. The summed E-state index contributed by atoms with van der Waals surface area (Å²) in [6.45, 7) is 0.499. The third-order valence-electron chi connectivity index (χ3n) is 3.92. The van der Waals surface area contributed by atoms with Gasteiger partial charge < -0.3 is 10.1 Å². The SMILES string of the molecule is COc1cccc(CNC(=O)CCc2cnn(-c3ccccc3)c2)c1. The number of amides is 1. The highest BCUT2D eigenvalue weighted by Gasteiger charge is 2.06. The number of para-hydroxylation sites is 1. The van der Waals surface area contributed by atoms with E-state index in [9.17, 15) is 4.79 Å². The number of rotatable bonds is 7. The first-order valence-electron chi connectivity index (χ1n) is 8.23. The average Bonchev–Trinajstić information content (AvgIpc) is 3.15. The van der Waals surface area contributed by atoms with E-state index in [-0.39, 0.29) is 5.91 Å². The number of methoxy groups -OCH3 is 1. The molecule has 25 heavy (non-hydrogen) atoms. The number of aryl methyl sites for hydroxylation is 1. The van der Waals surface area contributed by atoms with E-state index in [0.29, 0.717) is 19.4 Å². The van der Waals surface area contributed by atoms with Crippen LogP contribution >= 0.6 is 0 Å². The second-order valence-electron chi connectivity index (χ2n) is 5.76. The molecule has 128 valence electrons. The molecule has 0 atom stereocenters. The largest absolute Gasteiger partial charge is 0.497 e. The Morgan fingerprint density at radius 2 is 1.96 bits per heavy atom. The molecule has 0 aliphatic heterocycles. The van der Waals surface area contributed by atoms with Crippen molar-refractivity contribution >= 4 is 5.91 Å². The summed E-state index contributed by atoms with van der Waals surface area (Å²) in [5.41, 5.74) is 3.07. The first kappa shape index (κ1) is 16.8. The standard InChI is InChI=1S/C20H21N3O2/c1-25-19-9-5-6-16(12-19)13-21-20(24)11-10-17-14-22-23(15-17)18-7-3-2-4-8-18/h2-9,12,14-15H,10-11,13H2,1H3,(H,21,24). The van der Waals surface area contributed by atoms with Crippen LogP contribution in [0.15, 0.2) is 67.0 Å². The molecule has 2 aromatic carbocycles. The second kappa shape index (κ2) is 8.15. The summed E-state index contributed by atoms with van der Waals surface area (Å²) in [5.74, 6) is 0.815. The van der Waals surface area contributed by atoms with Crippen LogP contribution in [0.2, 0.25) is 0 Å². The first-order valence-corrected chi connectivity index (χ1v) is 8.23. The molecule has 0 spiro atoms. The zero-order chi connectivity index (χ0) is 17.5. The van der Waals surface area contributed by atoms with E-state index in [1.54, 1.807) is 7.11 Å². The van der Waals surface area contributed by atoms with E-state index in [1.807, 2.05) is 71.7 Å². The fourth-order valence-electron chi connectivity index (χ4n) is 2.54. The molecule has 3 rings (SSSR count). The maximum Gasteiger partial charge on any atom is 0.220 e. The highest BCUT2D eigenvalue weighted by atomic mass is 16.5. The Kier molecular flexibility index (Phi) is 5.46. The molecule has 1 N–H and O–H groups in total. The molecule has 0 unspecified atom stereocenters. The molecule has 0 aliphatic carbocycles. The molecule has 5 heteroatoms.